The van der Waals surface area contributed by atoms with Gasteiger partial charge in [-0.05, 0) is 17.7 Å². The molecule has 4 N–H and O–H groups in total. The van der Waals surface area contributed by atoms with Crippen LogP contribution in [0.1, 0.15) is 21.6 Å². The number of fused-ring (bicyclic) bond motifs is 1. The Labute approximate surface area is 170 Å². The van der Waals surface area contributed by atoms with Crippen LogP contribution in [0.5, 0.6) is 5.75 Å². The highest BCUT2D eigenvalue weighted by molar-refractivity contribution is 6.04. The van der Waals surface area contributed by atoms with Crippen molar-refractivity contribution in [2.45, 2.75) is 12.8 Å². The number of carbonyl (C=O) groups is 1. The first-order valence-corrected chi connectivity index (χ1v) is 8.25. The number of guanidine groups is 1. The minimum atomic E-state index is -4.62. The molecule has 6 nitrogen and oxygen atoms in total. The lowest BCUT2D eigenvalue weighted by Gasteiger charge is -2.12. The van der Waals surface area contributed by atoms with Crippen LogP contribution in [-0.4, -0.2) is 23.9 Å². The quantitative estimate of drug-likeness (QED) is 0.436. The molecule has 0 atom stereocenters. The number of ether oxygens (including phenoxy) is 1. The zero-order chi connectivity index (χ0) is 20.3. The van der Waals surface area contributed by atoms with E-state index in [9.17, 15) is 18.0 Å². The van der Waals surface area contributed by atoms with Crippen LogP contribution in [0.2, 0.25) is 0 Å². The predicted molar refractivity (Wildman–Crippen MR) is 106 cm³/mol. The molecule has 0 aliphatic heterocycles. The summed E-state index contributed by atoms with van der Waals surface area (Å²) in [6, 6.07) is 12.5. The number of rotatable bonds is 4. The highest BCUT2D eigenvalue weighted by Crippen LogP contribution is 2.38. The first-order valence-electron chi connectivity index (χ1n) is 8.25. The maximum Gasteiger partial charge on any atom is 0.417 e. The van der Waals surface area contributed by atoms with Gasteiger partial charge in [-0.15, -0.1) is 12.4 Å². The number of nitrogens with zero attached hydrogens (tertiary/aromatic N) is 1. The van der Waals surface area contributed by atoms with Gasteiger partial charge in [-0.3, -0.25) is 4.79 Å². The van der Waals surface area contributed by atoms with E-state index < -0.39 is 17.6 Å². The molecule has 2 aromatic carbocycles. The number of halogens is 4. The van der Waals surface area contributed by atoms with Crippen LogP contribution in [0.4, 0.5) is 13.2 Å². The minimum Gasteiger partial charge on any atom is -0.489 e. The second-order valence-corrected chi connectivity index (χ2v) is 5.94. The number of aromatic amines is 1. The van der Waals surface area contributed by atoms with Gasteiger partial charge in [0.25, 0.3) is 5.91 Å². The summed E-state index contributed by atoms with van der Waals surface area (Å²) in [5.41, 5.74) is 5.33. The molecule has 1 amide bonds. The average molecular weight is 427 g/mol. The molecule has 0 unspecified atom stereocenters. The fraction of sp³-hybridized carbons (Fsp3) is 0.158. The number of hydrogen-bond donors (Lipinski definition) is 3. The number of hydrogen-bond acceptors (Lipinski definition) is 2. The SMILES string of the molecule is CNC(N)=NC(=O)c1cc2c(C(F)(F)F)cc(OCc3ccccc3)cc2[nH]1.Cl. The van der Waals surface area contributed by atoms with E-state index in [2.05, 4.69) is 15.3 Å². The van der Waals surface area contributed by atoms with E-state index in [1.807, 2.05) is 18.2 Å². The van der Waals surface area contributed by atoms with Gasteiger partial charge in [-0.25, -0.2) is 0 Å². The van der Waals surface area contributed by atoms with Crippen molar-refractivity contribution >= 4 is 35.2 Å². The van der Waals surface area contributed by atoms with Crippen molar-refractivity contribution in [2.24, 2.45) is 10.7 Å². The molecule has 0 bridgehead atoms. The van der Waals surface area contributed by atoms with E-state index in [0.717, 1.165) is 17.7 Å². The Balaban J connectivity index is 0.00000300. The molecule has 3 aromatic rings. The van der Waals surface area contributed by atoms with Crippen molar-refractivity contribution in [3.63, 3.8) is 0 Å². The largest absolute Gasteiger partial charge is 0.489 e. The van der Waals surface area contributed by atoms with E-state index in [-0.39, 0.29) is 47.3 Å². The van der Waals surface area contributed by atoms with Crippen LogP contribution >= 0.6 is 12.4 Å². The van der Waals surface area contributed by atoms with Gasteiger partial charge in [-0.2, -0.15) is 18.2 Å². The number of benzene rings is 2. The van der Waals surface area contributed by atoms with E-state index in [1.54, 1.807) is 12.1 Å². The molecule has 0 fully saturated rings. The molecule has 0 aliphatic carbocycles. The lowest BCUT2D eigenvalue weighted by molar-refractivity contribution is -0.136. The molecule has 154 valence electrons. The molecule has 0 saturated carbocycles. The number of amides is 1. The van der Waals surface area contributed by atoms with Crippen LogP contribution in [-0.2, 0) is 12.8 Å². The van der Waals surface area contributed by atoms with Gasteiger partial charge in [0.15, 0.2) is 5.96 Å². The summed E-state index contributed by atoms with van der Waals surface area (Å²) in [5.74, 6) is -0.905. The average Bonchev–Trinajstić information content (AvgIpc) is 3.09. The third kappa shape index (κ3) is 5.20. The number of aliphatic imine (C=N–C) groups is 1. The molecular formula is C19H18ClF3N4O2. The molecular weight excluding hydrogens is 409 g/mol. The van der Waals surface area contributed by atoms with Crippen molar-refractivity contribution in [2.75, 3.05) is 7.05 Å². The van der Waals surface area contributed by atoms with Crippen molar-refractivity contribution in [1.29, 1.82) is 0 Å². The molecule has 10 heteroatoms. The van der Waals surface area contributed by atoms with Crippen LogP contribution in [0, 0.1) is 0 Å². The second kappa shape index (κ2) is 8.87. The molecule has 1 heterocycles. The van der Waals surface area contributed by atoms with Crippen LogP contribution in [0.15, 0.2) is 53.5 Å². The summed E-state index contributed by atoms with van der Waals surface area (Å²) < 4.78 is 46.1. The maximum atomic E-state index is 13.5. The van der Waals surface area contributed by atoms with Crippen LogP contribution in [0.3, 0.4) is 0 Å². The van der Waals surface area contributed by atoms with E-state index in [1.165, 1.54) is 13.1 Å². The Morgan fingerprint density at radius 2 is 1.90 bits per heavy atom. The number of carbonyl (C=O) groups excluding carboxylic acids is 1. The van der Waals surface area contributed by atoms with E-state index >= 15 is 0 Å². The van der Waals surface area contributed by atoms with Crippen molar-refractivity contribution in [1.82, 2.24) is 10.3 Å². The Morgan fingerprint density at radius 3 is 2.52 bits per heavy atom. The molecule has 0 saturated heterocycles. The summed E-state index contributed by atoms with van der Waals surface area (Å²) in [6.07, 6.45) is -4.62. The van der Waals surface area contributed by atoms with Gasteiger partial charge in [0, 0.05) is 18.5 Å². The van der Waals surface area contributed by atoms with Crippen molar-refractivity contribution in [3.05, 3.63) is 65.4 Å². The maximum absolute atomic E-state index is 13.5. The Bertz CT molecular complexity index is 1030. The molecule has 3 rings (SSSR count). The van der Waals surface area contributed by atoms with E-state index in [4.69, 9.17) is 10.5 Å². The lowest BCUT2D eigenvalue weighted by atomic mass is 10.1. The second-order valence-electron chi connectivity index (χ2n) is 5.94. The highest BCUT2D eigenvalue weighted by Gasteiger charge is 2.34. The fourth-order valence-corrected chi connectivity index (χ4v) is 2.61. The summed E-state index contributed by atoms with van der Waals surface area (Å²) in [5, 5.41) is 2.32. The van der Waals surface area contributed by atoms with E-state index in [0.29, 0.717) is 0 Å². The van der Waals surface area contributed by atoms with Gasteiger partial charge in [-0.1, -0.05) is 30.3 Å². The normalized spacial score (nSPS) is 11.8. The number of nitrogens with two attached hydrogens (primary N) is 1. The van der Waals surface area contributed by atoms with Gasteiger partial charge < -0.3 is 20.8 Å². The first-order chi connectivity index (χ1) is 13.3. The third-order valence-electron chi connectivity index (χ3n) is 3.97. The predicted octanol–water partition coefficient (Wildman–Crippen LogP) is 3.86. The lowest BCUT2D eigenvalue weighted by Crippen LogP contribution is -2.28. The topological polar surface area (TPSA) is 92.5 Å². The first kappa shape index (κ1) is 22.1. The minimum absolute atomic E-state index is 0. The molecule has 1 aromatic heterocycles. The molecule has 0 aliphatic rings. The van der Waals surface area contributed by atoms with Crippen molar-refractivity contribution in [3.8, 4) is 5.75 Å². The Kier molecular flexibility index (Phi) is 6.76. The number of aromatic nitrogens is 1. The number of nitrogens with one attached hydrogen (secondary N) is 2. The van der Waals surface area contributed by atoms with Crippen LogP contribution < -0.4 is 15.8 Å². The summed E-state index contributed by atoms with van der Waals surface area (Å²) in [4.78, 5) is 18.3. The van der Waals surface area contributed by atoms with Gasteiger partial charge in [0.1, 0.15) is 18.1 Å². The van der Waals surface area contributed by atoms with Crippen molar-refractivity contribution < 1.29 is 22.7 Å². The molecule has 29 heavy (non-hydrogen) atoms. The molecule has 0 radical (unpaired) electrons. The fourth-order valence-electron chi connectivity index (χ4n) is 2.61. The highest BCUT2D eigenvalue weighted by atomic mass is 35.5. The zero-order valence-corrected chi connectivity index (χ0v) is 16.0. The third-order valence-corrected chi connectivity index (χ3v) is 3.97. The van der Waals surface area contributed by atoms with Gasteiger partial charge in [0.2, 0.25) is 0 Å². The summed E-state index contributed by atoms with van der Waals surface area (Å²) in [6.45, 7) is 0.110. The Hall–Kier alpha value is -3.20. The van der Waals surface area contributed by atoms with Gasteiger partial charge in [0.05, 0.1) is 11.1 Å². The zero-order valence-electron chi connectivity index (χ0n) is 15.2. The smallest absolute Gasteiger partial charge is 0.417 e. The molecule has 0 spiro atoms. The Morgan fingerprint density at radius 1 is 1.21 bits per heavy atom. The monoisotopic (exact) mass is 426 g/mol. The van der Waals surface area contributed by atoms with Crippen LogP contribution in [0.25, 0.3) is 10.9 Å². The van der Waals surface area contributed by atoms with Gasteiger partial charge >= 0.3 is 6.18 Å². The standard InChI is InChI=1S/C19H17F3N4O2.ClH/c1-24-18(23)26-17(27)16-9-13-14(19(20,21)22)7-12(8-15(13)25-16)28-10-11-5-3-2-4-6-11;/h2-9,25H,10H2,1H3,(H3,23,24,26,27);1H. The summed E-state index contributed by atoms with van der Waals surface area (Å²) in [7, 11) is 1.47. The number of H-pyrrole nitrogens is 1. The number of alkyl halides is 3. The summed E-state index contributed by atoms with van der Waals surface area (Å²) >= 11 is 0.